The molecule has 0 aromatic rings. The van der Waals surface area contributed by atoms with E-state index in [0.29, 0.717) is 5.91 Å². The molecule has 1 saturated heterocycles. The fourth-order valence-electron chi connectivity index (χ4n) is 2.84. The van der Waals surface area contributed by atoms with E-state index in [2.05, 4.69) is 11.4 Å². The Balaban J connectivity index is 1.81. The molecule has 3 nitrogen and oxygen atoms in total. The van der Waals surface area contributed by atoms with Crippen LogP contribution in [0.25, 0.3) is 0 Å². The van der Waals surface area contributed by atoms with Crippen LogP contribution in [0.2, 0.25) is 0 Å². The van der Waals surface area contributed by atoms with Crippen molar-refractivity contribution in [3.8, 4) is 0 Å². The minimum atomic E-state index is 0.0593. The molecular weight excluding hydrogens is 212 g/mol. The Morgan fingerprint density at radius 3 is 3.00 bits per heavy atom. The Hall–Kier alpha value is -0.830. The van der Waals surface area contributed by atoms with E-state index in [1.54, 1.807) is 5.57 Å². The maximum absolute atomic E-state index is 12.1. The van der Waals surface area contributed by atoms with Crippen molar-refractivity contribution < 1.29 is 4.79 Å². The molecule has 1 atom stereocenters. The Bertz CT molecular complexity index is 299. The zero-order chi connectivity index (χ0) is 12.1. The van der Waals surface area contributed by atoms with E-state index in [0.717, 1.165) is 32.4 Å². The molecule has 0 radical (unpaired) electrons. The smallest absolute Gasteiger partial charge is 0.239 e. The number of hydrogen-bond acceptors (Lipinski definition) is 2. The zero-order valence-corrected chi connectivity index (χ0v) is 10.9. The third-order valence-electron chi connectivity index (χ3n) is 3.97. The maximum Gasteiger partial charge on any atom is 0.239 e. The van der Waals surface area contributed by atoms with Crippen molar-refractivity contribution >= 4 is 5.91 Å². The zero-order valence-electron chi connectivity index (χ0n) is 10.9. The summed E-state index contributed by atoms with van der Waals surface area (Å²) in [4.78, 5) is 14.1. The van der Waals surface area contributed by atoms with Gasteiger partial charge in [-0.25, -0.2) is 0 Å². The van der Waals surface area contributed by atoms with E-state index in [4.69, 9.17) is 0 Å². The van der Waals surface area contributed by atoms with Crippen molar-refractivity contribution in [3.05, 3.63) is 11.6 Å². The SMILES string of the molecule is CNC1CCCN(CCC2=CCCCC2)C1=O. The monoisotopic (exact) mass is 236 g/mol. The van der Waals surface area contributed by atoms with Gasteiger partial charge in [-0.1, -0.05) is 11.6 Å². The van der Waals surface area contributed by atoms with E-state index in [1.165, 1.54) is 25.7 Å². The summed E-state index contributed by atoms with van der Waals surface area (Å²) in [5.41, 5.74) is 1.57. The van der Waals surface area contributed by atoms with Gasteiger partial charge in [-0.05, 0) is 52.0 Å². The summed E-state index contributed by atoms with van der Waals surface area (Å²) in [7, 11) is 1.88. The van der Waals surface area contributed by atoms with Crippen molar-refractivity contribution in [2.45, 2.75) is 51.0 Å². The van der Waals surface area contributed by atoms with Crippen LogP contribution in [-0.4, -0.2) is 37.0 Å². The van der Waals surface area contributed by atoms with Crippen molar-refractivity contribution in [2.75, 3.05) is 20.1 Å². The largest absolute Gasteiger partial charge is 0.341 e. The lowest BCUT2D eigenvalue weighted by Crippen LogP contribution is -2.49. The first-order valence-corrected chi connectivity index (χ1v) is 6.95. The van der Waals surface area contributed by atoms with Gasteiger partial charge in [0.15, 0.2) is 0 Å². The molecule has 0 saturated carbocycles. The number of allylic oxidation sites excluding steroid dienone is 1. The lowest BCUT2D eigenvalue weighted by molar-refractivity contribution is -0.135. The Kier molecular flexibility index (Phi) is 4.60. The number of carbonyl (C=O) groups excluding carboxylic acids is 1. The maximum atomic E-state index is 12.1. The third kappa shape index (κ3) is 3.32. The number of carbonyl (C=O) groups is 1. The average molecular weight is 236 g/mol. The number of piperidine rings is 1. The fourth-order valence-corrected chi connectivity index (χ4v) is 2.84. The van der Waals surface area contributed by atoms with Crippen LogP contribution < -0.4 is 5.32 Å². The molecule has 1 N–H and O–H groups in total. The van der Waals surface area contributed by atoms with Gasteiger partial charge in [-0.15, -0.1) is 0 Å². The predicted octanol–water partition coefficient (Wildman–Crippen LogP) is 2.09. The van der Waals surface area contributed by atoms with Gasteiger partial charge in [-0.2, -0.15) is 0 Å². The van der Waals surface area contributed by atoms with E-state index in [9.17, 15) is 4.79 Å². The number of nitrogens with zero attached hydrogens (tertiary/aromatic N) is 1. The molecule has 1 aliphatic heterocycles. The fraction of sp³-hybridized carbons (Fsp3) is 0.786. The van der Waals surface area contributed by atoms with E-state index in [1.807, 2.05) is 11.9 Å². The topological polar surface area (TPSA) is 32.3 Å². The normalized spacial score (nSPS) is 25.9. The molecule has 17 heavy (non-hydrogen) atoms. The summed E-state index contributed by atoms with van der Waals surface area (Å²) in [6, 6.07) is 0.0593. The van der Waals surface area contributed by atoms with Crippen LogP contribution in [0.1, 0.15) is 44.9 Å². The number of likely N-dealkylation sites (tertiary alicyclic amines) is 1. The van der Waals surface area contributed by atoms with Gasteiger partial charge in [0, 0.05) is 13.1 Å². The highest BCUT2D eigenvalue weighted by Gasteiger charge is 2.26. The van der Waals surface area contributed by atoms with Gasteiger partial charge in [0.25, 0.3) is 0 Å². The van der Waals surface area contributed by atoms with E-state index in [-0.39, 0.29) is 6.04 Å². The van der Waals surface area contributed by atoms with Crippen LogP contribution >= 0.6 is 0 Å². The van der Waals surface area contributed by atoms with Gasteiger partial charge in [0.2, 0.25) is 5.91 Å². The Labute approximate surface area is 104 Å². The summed E-state index contributed by atoms with van der Waals surface area (Å²) in [5.74, 6) is 0.301. The molecule has 3 heteroatoms. The molecule has 0 aromatic carbocycles. The van der Waals surface area contributed by atoms with Crippen molar-refractivity contribution in [1.82, 2.24) is 10.2 Å². The summed E-state index contributed by atoms with van der Waals surface area (Å²) in [6.45, 7) is 1.87. The third-order valence-corrected chi connectivity index (χ3v) is 3.97. The Morgan fingerprint density at radius 2 is 2.29 bits per heavy atom. The molecule has 96 valence electrons. The van der Waals surface area contributed by atoms with Crippen molar-refractivity contribution in [3.63, 3.8) is 0 Å². The molecule has 0 bridgehead atoms. The van der Waals surface area contributed by atoms with Crippen LogP contribution in [0.5, 0.6) is 0 Å². The summed E-state index contributed by atoms with van der Waals surface area (Å²) < 4.78 is 0. The van der Waals surface area contributed by atoms with Gasteiger partial charge in [-0.3, -0.25) is 4.79 Å². The van der Waals surface area contributed by atoms with Crippen molar-refractivity contribution in [1.29, 1.82) is 0 Å². The molecule has 2 rings (SSSR count). The van der Waals surface area contributed by atoms with E-state index < -0.39 is 0 Å². The molecule has 1 heterocycles. The van der Waals surface area contributed by atoms with Crippen molar-refractivity contribution in [2.24, 2.45) is 0 Å². The molecule has 2 aliphatic rings. The summed E-state index contributed by atoms with van der Waals surface area (Å²) >= 11 is 0. The molecule has 1 unspecified atom stereocenters. The van der Waals surface area contributed by atoms with E-state index >= 15 is 0 Å². The van der Waals surface area contributed by atoms with Gasteiger partial charge in [0.1, 0.15) is 0 Å². The lowest BCUT2D eigenvalue weighted by Gasteiger charge is -2.32. The first-order chi connectivity index (χ1) is 8.31. The van der Waals surface area contributed by atoms with Gasteiger partial charge < -0.3 is 10.2 Å². The van der Waals surface area contributed by atoms with Gasteiger partial charge in [0.05, 0.1) is 6.04 Å². The first-order valence-electron chi connectivity index (χ1n) is 6.95. The second-order valence-electron chi connectivity index (χ2n) is 5.17. The number of nitrogens with one attached hydrogen (secondary N) is 1. The minimum absolute atomic E-state index is 0.0593. The molecule has 1 fully saturated rings. The first kappa shape index (κ1) is 12.6. The molecular formula is C14H24N2O. The quantitative estimate of drug-likeness (QED) is 0.758. The van der Waals surface area contributed by atoms with Crippen LogP contribution in [0.3, 0.4) is 0 Å². The predicted molar refractivity (Wildman–Crippen MR) is 69.8 cm³/mol. The highest BCUT2D eigenvalue weighted by Crippen LogP contribution is 2.21. The number of hydrogen-bond donors (Lipinski definition) is 1. The highest BCUT2D eigenvalue weighted by molar-refractivity contribution is 5.82. The van der Waals surface area contributed by atoms with Gasteiger partial charge >= 0.3 is 0 Å². The number of likely N-dealkylation sites (N-methyl/N-ethyl adjacent to an activating group) is 1. The molecule has 1 amide bonds. The highest BCUT2D eigenvalue weighted by atomic mass is 16.2. The Morgan fingerprint density at radius 1 is 1.41 bits per heavy atom. The van der Waals surface area contributed by atoms with Crippen LogP contribution in [0.4, 0.5) is 0 Å². The average Bonchev–Trinajstić information content (AvgIpc) is 2.39. The lowest BCUT2D eigenvalue weighted by atomic mass is 9.96. The minimum Gasteiger partial charge on any atom is -0.341 e. The second kappa shape index (κ2) is 6.20. The van der Waals surface area contributed by atoms with Crippen LogP contribution in [0.15, 0.2) is 11.6 Å². The summed E-state index contributed by atoms with van der Waals surface area (Å²) in [5, 5.41) is 3.12. The second-order valence-corrected chi connectivity index (χ2v) is 5.17. The molecule has 1 aliphatic carbocycles. The molecule has 0 spiro atoms. The number of amides is 1. The standard InChI is InChI=1S/C14H24N2O/c1-15-13-8-5-10-16(14(13)17)11-9-12-6-3-2-4-7-12/h6,13,15H,2-5,7-11H2,1H3. The van der Waals surface area contributed by atoms with Crippen LogP contribution in [-0.2, 0) is 4.79 Å². The van der Waals surface area contributed by atoms with Crippen LogP contribution in [0, 0.1) is 0 Å². The molecule has 0 aromatic heterocycles. The summed E-state index contributed by atoms with van der Waals surface area (Å²) in [6.07, 6.45) is 10.8. The number of rotatable bonds is 4.